The van der Waals surface area contributed by atoms with Gasteiger partial charge < -0.3 is 5.32 Å². The topological polar surface area (TPSA) is 55.6 Å². The van der Waals surface area contributed by atoms with Crippen LogP contribution in [0.2, 0.25) is 0 Å². The minimum atomic E-state index is -0.723. The molecule has 1 aromatic carbocycles. The van der Waals surface area contributed by atoms with Crippen LogP contribution in [0.5, 0.6) is 0 Å². The van der Waals surface area contributed by atoms with E-state index in [0.717, 1.165) is 6.07 Å². The van der Waals surface area contributed by atoms with Crippen LogP contribution in [0.15, 0.2) is 16.6 Å². The van der Waals surface area contributed by atoms with E-state index < -0.39 is 11.6 Å². The Hall–Kier alpha value is -1.41. The predicted molar refractivity (Wildman–Crippen MR) is 68.7 cm³/mol. The van der Waals surface area contributed by atoms with E-state index in [0.29, 0.717) is 12.4 Å². The van der Waals surface area contributed by atoms with Crippen molar-refractivity contribution in [3.05, 3.63) is 34.1 Å². The first-order valence-corrected chi connectivity index (χ1v) is 6.44. The Labute approximate surface area is 117 Å². The smallest absolute Gasteiger partial charge is 0.170 e. The second-order valence-corrected chi connectivity index (χ2v) is 5.11. The van der Waals surface area contributed by atoms with Crippen LogP contribution in [0.3, 0.4) is 0 Å². The summed E-state index contributed by atoms with van der Waals surface area (Å²) in [6.07, 6.45) is 0. The standard InChI is InChI=1S/C11H12BrF2N5/c1-6(2)15-5-11-16-17-18-19(11)10-3-7(12)8(13)4-9(10)14/h3-4,6,15H,5H2,1-2H3. The molecule has 0 atom stereocenters. The van der Waals surface area contributed by atoms with Crippen LogP contribution in [0, 0.1) is 11.6 Å². The third-order valence-electron chi connectivity index (χ3n) is 2.42. The summed E-state index contributed by atoms with van der Waals surface area (Å²) in [5.41, 5.74) is 0.0961. The zero-order chi connectivity index (χ0) is 14.0. The van der Waals surface area contributed by atoms with Crippen molar-refractivity contribution in [2.45, 2.75) is 26.4 Å². The minimum Gasteiger partial charge on any atom is -0.308 e. The van der Waals surface area contributed by atoms with Gasteiger partial charge in [0.25, 0.3) is 0 Å². The molecule has 0 bridgehead atoms. The summed E-state index contributed by atoms with van der Waals surface area (Å²) in [7, 11) is 0. The highest BCUT2D eigenvalue weighted by molar-refractivity contribution is 9.10. The summed E-state index contributed by atoms with van der Waals surface area (Å²) in [6, 6.07) is 2.34. The van der Waals surface area contributed by atoms with Gasteiger partial charge in [0.1, 0.15) is 11.5 Å². The van der Waals surface area contributed by atoms with Gasteiger partial charge in [-0.15, -0.1) is 5.10 Å². The van der Waals surface area contributed by atoms with Crippen LogP contribution in [-0.4, -0.2) is 26.2 Å². The van der Waals surface area contributed by atoms with Crippen LogP contribution in [-0.2, 0) is 6.54 Å². The van der Waals surface area contributed by atoms with E-state index in [-0.39, 0.29) is 16.2 Å². The van der Waals surface area contributed by atoms with Crippen LogP contribution in [0.4, 0.5) is 8.78 Å². The molecule has 0 aliphatic heterocycles. The lowest BCUT2D eigenvalue weighted by Crippen LogP contribution is -2.24. The second-order valence-electron chi connectivity index (χ2n) is 4.26. The summed E-state index contributed by atoms with van der Waals surface area (Å²) in [6.45, 7) is 4.34. The minimum absolute atomic E-state index is 0.0961. The number of nitrogens with one attached hydrogen (secondary N) is 1. The molecule has 1 heterocycles. The summed E-state index contributed by atoms with van der Waals surface area (Å²) < 4.78 is 28.4. The maximum atomic E-state index is 13.8. The summed E-state index contributed by atoms with van der Waals surface area (Å²) >= 11 is 3.01. The molecule has 0 aliphatic rings. The lowest BCUT2D eigenvalue weighted by molar-refractivity contribution is 0.547. The Morgan fingerprint density at radius 1 is 1.32 bits per heavy atom. The number of aromatic nitrogens is 4. The molecule has 0 unspecified atom stereocenters. The van der Waals surface area contributed by atoms with E-state index in [1.165, 1.54) is 10.7 Å². The number of nitrogens with zero attached hydrogens (tertiary/aromatic N) is 4. The first-order chi connectivity index (χ1) is 8.99. The third-order valence-corrected chi connectivity index (χ3v) is 3.03. The van der Waals surface area contributed by atoms with Gasteiger partial charge in [-0.2, -0.15) is 4.68 Å². The molecule has 0 spiro atoms. The van der Waals surface area contributed by atoms with Crippen molar-refractivity contribution in [1.29, 1.82) is 0 Å². The molecule has 102 valence electrons. The number of rotatable bonds is 4. The van der Waals surface area contributed by atoms with Crippen molar-refractivity contribution >= 4 is 15.9 Å². The molecule has 0 saturated heterocycles. The highest BCUT2D eigenvalue weighted by atomic mass is 79.9. The molecule has 1 aromatic heterocycles. The van der Waals surface area contributed by atoms with E-state index in [4.69, 9.17) is 0 Å². The third kappa shape index (κ3) is 3.13. The summed E-state index contributed by atoms with van der Waals surface area (Å²) in [5.74, 6) is -0.943. The number of halogens is 3. The predicted octanol–water partition coefficient (Wildman–Crippen LogP) is 2.20. The zero-order valence-electron chi connectivity index (χ0n) is 10.4. The zero-order valence-corrected chi connectivity index (χ0v) is 11.9. The average Bonchev–Trinajstić information content (AvgIpc) is 2.79. The number of hydrogen-bond acceptors (Lipinski definition) is 4. The first kappa shape index (κ1) is 14.0. The number of hydrogen-bond donors (Lipinski definition) is 1. The van der Waals surface area contributed by atoms with Crippen molar-refractivity contribution < 1.29 is 8.78 Å². The van der Waals surface area contributed by atoms with Gasteiger partial charge in [-0.05, 0) is 32.4 Å². The number of tetrazole rings is 1. The van der Waals surface area contributed by atoms with Crippen LogP contribution >= 0.6 is 15.9 Å². The quantitative estimate of drug-likeness (QED) is 0.872. The van der Waals surface area contributed by atoms with Gasteiger partial charge in [0, 0.05) is 12.1 Å². The molecular weight excluding hydrogens is 320 g/mol. The lowest BCUT2D eigenvalue weighted by atomic mass is 10.3. The van der Waals surface area contributed by atoms with E-state index >= 15 is 0 Å². The maximum absolute atomic E-state index is 13.8. The number of benzene rings is 1. The molecule has 0 saturated carbocycles. The van der Waals surface area contributed by atoms with E-state index in [1.807, 2.05) is 13.8 Å². The molecule has 5 nitrogen and oxygen atoms in total. The van der Waals surface area contributed by atoms with Crippen molar-refractivity contribution in [2.24, 2.45) is 0 Å². The molecule has 2 aromatic rings. The Morgan fingerprint density at radius 3 is 2.74 bits per heavy atom. The molecule has 0 fully saturated rings. The van der Waals surface area contributed by atoms with Gasteiger partial charge in [0.15, 0.2) is 11.6 Å². The van der Waals surface area contributed by atoms with Gasteiger partial charge in [0.2, 0.25) is 0 Å². The summed E-state index contributed by atoms with van der Waals surface area (Å²) in [4.78, 5) is 0. The highest BCUT2D eigenvalue weighted by Crippen LogP contribution is 2.22. The van der Waals surface area contributed by atoms with E-state index in [2.05, 4.69) is 36.8 Å². The van der Waals surface area contributed by atoms with Crippen molar-refractivity contribution in [3.63, 3.8) is 0 Å². The van der Waals surface area contributed by atoms with Gasteiger partial charge in [0.05, 0.1) is 11.0 Å². The van der Waals surface area contributed by atoms with Gasteiger partial charge in [-0.3, -0.25) is 0 Å². The maximum Gasteiger partial charge on any atom is 0.170 e. The fourth-order valence-electron chi connectivity index (χ4n) is 1.47. The summed E-state index contributed by atoms with van der Waals surface area (Å²) in [5, 5.41) is 14.2. The molecule has 19 heavy (non-hydrogen) atoms. The van der Waals surface area contributed by atoms with E-state index in [1.54, 1.807) is 0 Å². The Bertz CT molecular complexity index is 584. The molecule has 0 amide bonds. The lowest BCUT2D eigenvalue weighted by Gasteiger charge is -2.09. The fourth-order valence-corrected chi connectivity index (χ4v) is 1.80. The van der Waals surface area contributed by atoms with Gasteiger partial charge >= 0.3 is 0 Å². The normalized spacial score (nSPS) is 11.3. The SMILES string of the molecule is CC(C)NCc1nnnn1-c1cc(Br)c(F)cc1F. The fraction of sp³-hybridized carbons (Fsp3) is 0.364. The Morgan fingerprint density at radius 2 is 2.05 bits per heavy atom. The van der Waals surface area contributed by atoms with Crippen molar-refractivity contribution in [3.8, 4) is 5.69 Å². The molecule has 0 aliphatic carbocycles. The van der Waals surface area contributed by atoms with Crippen LogP contribution < -0.4 is 5.32 Å². The Kier molecular flexibility index (Phi) is 4.20. The molecule has 1 N–H and O–H groups in total. The van der Waals surface area contributed by atoms with Crippen LogP contribution in [0.1, 0.15) is 19.7 Å². The largest absolute Gasteiger partial charge is 0.308 e. The van der Waals surface area contributed by atoms with Crippen molar-refractivity contribution in [2.75, 3.05) is 0 Å². The first-order valence-electron chi connectivity index (χ1n) is 5.64. The van der Waals surface area contributed by atoms with Gasteiger partial charge in [-0.1, -0.05) is 13.8 Å². The van der Waals surface area contributed by atoms with Gasteiger partial charge in [-0.25, -0.2) is 8.78 Å². The molecular formula is C11H12BrF2N5. The average molecular weight is 332 g/mol. The van der Waals surface area contributed by atoms with Crippen LogP contribution in [0.25, 0.3) is 5.69 Å². The second kappa shape index (κ2) is 5.70. The molecule has 8 heteroatoms. The monoisotopic (exact) mass is 331 g/mol. The van der Waals surface area contributed by atoms with E-state index in [9.17, 15) is 8.78 Å². The molecule has 2 rings (SSSR count). The highest BCUT2D eigenvalue weighted by Gasteiger charge is 2.15. The molecule has 0 radical (unpaired) electrons. The van der Waals surface area contributed by atoms with Crippen molar-refractivity contribution in [1.82, 2.24) is 25.5 Å². The Balaban J connectivity index is 2.37.